The lowest BCUT2D eigenvalue weighted by Gasteiger charge is -2.46. The molecular weight excluding hydrogens is 311 g/mol. The Hall–Kier alpha value is -1.71. The number of hydrogen-bond donors (Lipinski definition) is 0. The van der Waals surface area contributed by atoms with E-state index in [0.717, 1.165) is 31.7 Å². The second kappa shape index (κ2) is 7.27. The third-order valence-electron chi connectivity index (χ3n) is 5.89. The van der Waals surface area contributed by atoms with Crippen molar-refractivity contribution < 1.29 is 4.39 Å². The molecular formula is C22H27FN2. The van der Waals surface area contributed by atoms with Crippen molar-refractivity contribution in [1.82, 2.24) is 9.80 Å². The normalized spacial score (nSPS) is 24.8. The standard InChI is InChI=1S/C22H27FN2/c23-21-10-4-9-20(15-21)17-25-14-6-12-22(25)11-5-13-24(18-22)16-19-7-2-1-3-8-19/h1-4,7-10,15H,5-6,11-14,16-18H2/t22-/m1/s1. The predicted molar refractivity (Wildman–Crippen MR) is 99.7 cm³/mol. The zero-order valence-electron chi connectivity index (χ0n) is 14.8. The molecule has 1 atom stereocenters. The van der Waals surface area contributed by atoms with Crippen LogP contribution < -0.4 is 0 Å². The largest absolute Gasteiger partial charge is 0.297 e. The van der Waals surface area contributed by atoms with Crippen LogP contribution in [0.3, 0.4) is 0 Å². The summed E-state index contributed by atoms with van der Waals surface area (Å²) in [6.45, 7) is 5.37. The zero-order valence-corrected chi connectivity index (χ0v) is 14.8. The first-order valence-corrected chi connectivity index (χ1v) is 9.49. The van der Waals surface area contributed by atoms with Crippen molar-refractivity contribution in [2.24, 2.45) is 0 Å². The smallest absolute Gasteiger partial charge is 0.123 e. The van der Waals surface area contributed by atoms with Crippen molar-refractivity contribution >= 4 is 0 Å². The first-order chi connectivity index (χ1) is 12.2. The van der Waals surface area contributed by atoms with Gasteiger partial charge in [0.15, 0.2) is 0 Å². The molecule has 1 spiro atoms. The summed E-state index contributed by atoms with van der Waals surface area (Å²) in [5, 5.41) is 0. The summed E-state index contributed by atoms with van der Waals surface area (Å²) >= 11 is 0. The van der Waals surface area contributed by atoms with Gasteiger partial charge in [0.1, 0.15) is 5.82 Å². The van der Waals surface area contributed by atoms with E-state index in [9.17, 15) is 4.39 Å². The third-order valence-corrected chi connectivity index (χ3v) is 5.89. The summed E-state index contributed by atoms with van der Waals surface area (Å²) in [6.07, 6.45) is 5.06. The number of piperidine rings is 1. The van der Waals surface area contributed by atoms with E-state index in [1.54, 1.807) is 6.07 Å². The summed E-state index contributed by atoms with van der Waals surface area (Å²) in [5.41, 5.74) is 2.77. The van der Waals surface area contributed by atoms with Crippen molar-refractivity contribution in [3.63, 3.8) is 0 Å². The van der Waals surface area contributed by atoms with Crippen LogP contribution in [-0.4, -0.2) is 35.0 Å². The molecule has 2 fully saturated rings. The summed E-state index contributed by atoms with van der Waals surface area (Å²) in [5.74, 6) is -0.125. The van der Waals surface area contributed by atoms with Gasteiger partial charge >= 0.3 is 0 Å². The zero-order chi connectivity index (χ0) is 17.1. The Kier molecular flexibility index (Phi) is 4.87. The Bertz CT molecular complexity index is 702. The summed E-state index contributed by atoms with van der Waals surface area (Å²) < 4.78 is 13.6. The van der Waals surface area contributed by atoms with Crippen molar-refractivity contribution in [2.45, 2.75) is 44.3 Å². The van der Waals surface area contributed by atoms with Crippen molar-refractivity contribution in [1.29, 1.82) is 0 Å². The van der Waals surface area contributed by atoms with Gasteiger partial charge in [-0.2, -0.15) is 0 Å². The Morgan fingerprint density at radius 1 is 0.840 bits per heavy atom. The van der Waals surface area contributed by atoms with Gasteiger partial charge in [0.25, 0.3) is 0 Å². The lowest BCUT2D eigenvalue weighted by Crippen LogP contribution is -2.55. The molecule has 4 rings (SSSR count). The van der Waals surface area contributed by atoms with E-state index < -0.39 is 0 Å². The van der Waals surface area contributed by atoms with E-state index in [4.69, 9.17) is 0 Å². The monoisotopic (exact) mass is 338 g/mol. The Morgan fingerprint density at radius 2 is 1.60 bits per heavy atom. The minimum atomic E-state index is -0.125. The number of halogens is 1. The maximum absolute atomic E-state index is 13.6. The van der Waals surface area contributed by atoms with E-state index in [-0.39, 0.29) is 11.4 Å². The molecule has 0 unspecified atom stereocenters. The average Bonchev–Trinajstić information content (AvgIpc) is 2.97. The van der Waals surface area contributed by atoms with Gasteiger partial charge in [-0.05, 0) is 62.0 Å². The van der Waals surface area contributed by atoms with Crippen molar-refractivity contribution in [3.8, 4) is 0 Å². The van der Waals surface area contributed by atoms with Crippen molar-refractivity contribution in [3.05, 3.63) is 71.5 Å². The number of rotatable bonds is 4. The Balaban J connectivity index is 1.47. The van der Waals surface area contributed by atoms with Crippen LogP contribution >= 0.6 is 0 Å². The van der Waals surface area contributed by atoms with Gasteiger partial charge in [0.2, 0.25) is 0 Å². The van der Waals surface area contributed by atoms with Gasteiger partial charge < -0.3 is 0 Å². The highest BCUT2D eigenvalue weighted by atomic mass is 19.1. The molecule has 2 aliphatic rings. The second-order valence-electron chi connectivity index (χ2n) is 7.68. The van der Waals surface area contributed by atoms with E-state index in [1.807, 2.05) is 6.07 Å². The van der Waals surface area contributed by atoms with Gasteiger partial charge in [-0.25, -0.2) is 4.39 Å². The molecule has 2 aromatic rings. The van der Waals surface area contributed by atoms with Crippen LogP contribution in [0.5, 0.6) is 0 Å². The van der Waals surface area contributed by atoms with E-state index in [2.05, 4.69) is 46.2 Å². The minimum Gasteiger partial charge on any atom is -0.297 e. The van der Waals surface area contributed by atoms with Crippen LogP contribution in [0.2, 0.25) is 0 Å². The van der Waals surface area contributed by atoms with E-state index in [0.29, 0.717) is 0 Å². The molecule has 0 N–H and O–H groups in total. The molecule has 2 heterocycles. The molecule has 0 bridgehead atoms. The highest BCUT2D eigenvalue weighted by Crippen LogP contribution is 2.38. The molecule has 25 heavy (non-hydrogen) atoms. The number of hydrogen-bond acceptors (Lipinski definition) is 2. The highest BCUT2D eigenvalue weighted by Gasteiger charge is 2.43. The Morgan fingerprint density at radius 3 is 2.40 bits per heavy atom. The first-order valence-electron chi connectivity index (χ1n) is 9.49. The van der Waals surface area contributed by atoms with Crippen LogP contribution in [0.4, 0.5) is 4.39 Å². The molecule has 0 aromatic heterocycles. The maximum atomic E-state index is 13.6. The fourth-order valence-corrected chi connectivity index (χ4v) is 4.74. The molecule has 2 aromatic carbocycles. The van der Waals surface area contributed by atoms with Crippen LogP contribution in [0.1, 0.15) is 36.8 Å². The number of benzene rings is 2. The predicted octanol–water partition coefficient (Wildman–Crippen LogP) is 4.46. The first kappa shape index (κ1) is 16.7. The Labute approximate surface area is 150 Å². The quantitative estimate of drug-likeness (QED) is 0.812. The molecule has 2 saturated heterocycles. The second-order valence-corrected chi connectivity index (χ2v) is 7.68. The summed E-state index contributed by atoms with van der Waals surface area (Å²) in [4.78, 5) is 5.24. The van der Waals surface area contributed by atoms with Gasteiger partial charge in [-0.1, -0.05) is 42.5 Å². The van der Waals surface area contributed by atoms with Gasteiger partial charge in [-0.15, -0.1) is 0 Å². The van der Waals surface area contributed by atoms with Gasteiger partial charge in [0, 0.05) is 25.2 Å². The average molecular weight is 338 g/mol. The molecule has 132 valence electrons. The van der Waals surface area contributed by atoms with Crippen LogP contribution in [0, 0.1) is 5.82 Å². The van der Waals surface area contributed by atoms with Crippen LogP contribution in [0.15, 0.2) is 54.6 Å². The molecule has 0 radical (unpaired) electrons. The fraction of sp³-hybridized carbons (Fsp3) is 0.455. The lowest BCUT2D eigenvalue weighted by atomic mass is 9.86. The van der Waals surface area contributed by atoms with Crippen LogP contribution in [-0.2, 0) is 13.1 Å². The molecule has 0 aliphatic carbocycles. The highest BCUT2D eigenvalue weighted by molar-refractivity contribution is 5.18. The van der Waals surface area contributed by atoms with Gasteiger partial charge in [-0.3, -0.25) is 9.80 Å². The maximum Gasteiger partial charge on any atom is 0.123 e. The molecule has 2 nitrogen and oxygen atoms in total. The lowest BCUT2D eigenvalue weighted by molar-refractivity contribution is 0.0328. The third kappa shape index (κ3) is 3.78. The summed E-state index contributed by atoms with van der Waals surface area (Å²) in [6, 6.07) is 17.9. The number of nitrogens with zero attached hydrogens (tertiary/aromatic N) is 2. The van der Waals surface area contributed by atoms with Gasteiger partial charge in [0.05, 0.1) is 0 Å². The fourth-order valence-electron chi connectivity index (χ4n) is 4.74. The topological polar surface area (TPSA) is 6.48 Å². The summed E-state index contributed by atoms with van der Waals surface area (Å²) in [7, 11) is 0. The molecule has 0 amide bonds. The van der Waals surface area contributed by atoms with Crippen LogP contribution in [0.25, 0.3) is 0 Å². The van der Waals surface area contributed by atoms with E-state index >= 15 is 0 Å². The van der Waals surface area contributed by atoms with Crippen molar-refractivity contribution in [2.75, 3.05) is 19.6 Å². The number of likely N-dealkylation sites (tertiary alicyclic amines) is 2. The molecule has 2 aliphatic heterocycles. The minimum absolute atomic E-state index is 0.125. The molecule has 0 saturated carbocycles. The SMILES string of the molecule is Fc1cccc(CN2CCC[C@@]23CCCN(Cc2ccccc2)C3)c1. The van der Waals surface area contributed by atoms with E-state index in [1.165, 1.54) is 43.9 Å². The molecule has 3 heteroatoms.